The maximum atomic E-state index is 8.60. The summed E-state index contributed by atoms with van der Waals surface area (Å²) in [6, 6.07) is 12.9. The van der Waals surface area contributed by atoms with E-state index in [1.165, 1.54) is 0 Å². The summed E-state index contributed by atoms with van der Waals surface area (Å²) in [6.45, 7) is 0. The summed E-state index contributed by atoms with van der Waals surface area (Å²) in [5.74, 6) is 0.860. The number of nitrogens with zero attached hydrogens (tertiary/aromatic N) is 1. The molecule has 104 valence electrons. The molecule has 0 amide bonds. The Labute approximate surface area is 131 Å². The summed E-state index contributed by atoms with van der Waals surface area (Å²) < 4.78 is 0. The van der Waals surface area contributed by atoms with Crippen molar-refractivity contribution < 1.29 is 5.21 Å². The highest BCUT2D eigenvalue weighted by Gasteiger charge is 2.04. The van der Waals surface area contributed by atoms with Gasteiger partial charge < -0.3 is 10.9 Å². The molecule has 0 aliphatic rings. The number of oxime groups is 1. The van der Waals surface area contributed by atoms with Crippen LogP contribution < -0.4 is 5.73 Å². The standard InChI is InChI=1S/C14H12Cl2N2OS/c15-11-5-6-12(16)13(7-11)20-8-9-1-3-10(4-2-9)14(17)18-19/h1-7,19H,8H2,(H2,17,18). The molecule has 3 N–H and O–H groups in total. The molecule has 0 unspecified atom stereocenters. The Bertz CT molecular complexity index is 630. The molecule has 0 atom stereocenters. The highest BCUT2D eigenvalue weighted by Crippen LogP contribution is 2.32. The van der Waals surface area contributed by atoms with Crippen LogP contribution in [-0.4, -0.2) is 11.0 Å². The van der Waals surface area contributed by atoms with Crippen molar-refractivity contribution in [1.29, 1.82) is 0 Å². The van der Waals surface area contributed by atoms with Crippen molar-refractivity contribution in [3.8, 4) is 0 Å². The normalized spacial score (nSPS) is 11.6. The molecule has 2 aromatic rings. The Kier molecular flexibility index (Phi) is 5.17. The molecule has 0 spiro atoms. The summed E-state index contributed by atoms with van der Waals surface area (Å²) >= 11 is 13.7. The summed E-state index contributed by atoms with van der Waals surface area (Å²) in [7, 11) is 0. The number of halogens is 2. The van der Waals surface area contributed by atoms with Crippen LogP contribution in [0.1, 0.15) is 11.1 Å². The SMILES string of the molecule is N/C(=N\O)c1ccc(CSc2cc(Cl)ccc2Cl)cc1. The monoisotopic (exact) mass is 326 g/mol. The molecule has 0 saturated heterocycles. The zero-order valence-electron chi connectivity index (χ0n) is 10.4. The summed E-state index contributed by atoms with van der Waals surface area (Å²) in [5, 5.41) is 12.9. The van der Waals surface area contributed by atoms with Crippen molar-refractivity contribution in [2.75, 3.05) is 0 Å². The van der Waals surface area contributed by atoms with Gasteiger partial charge in [0, 0.05) is 21.2 Å². The lowest BCUT2D eigenvalue weighted by Gasteiger charge is -2.06. The second kappa shape index (κ2) is 6.88. The molecule has 0 aliphatic carbocycles. The number of rotatable bonds is 4. The van der Waals surface area contributed by atoms with Gasteiger partial charge in [-0.15, -0.1) is 11.8 Å². The van der Waals surface area contributed by atoms with Gasteiger partial charge in [-0.25, -0.2) is 0 Å². The number of hydrogen-bond acceptors (Lipinski definition) is 3. The van der Waals surface area contributed by atoms with Crippen molar-refractivity contribution >= 4 is 40.8 Å². The van der Waals surface area contributed by atoms with Crippen LogP contribution in [0.15, 0.2) is 52.5 Å². The minimum Gasteiger partial charge on any atom is -0.409 e. The minimum absolute atomic E-state index is 0.0992. The second-order valence-electron chi connectivity index (χ2n) is 4.05. The Morgan fingerprint density at radius 2 is 1.85 bits per heavy atom. The zero-order valence-corrected chi connectivity index (χ0v) is 12.7. The van der Waals surface area contributed by atoms with Crippen molar-refractivity contribution in [1.82, 2.24) is 0 Å². The highest BCUT2D eigenvalue weighted by atomic mass is 35.5. The summed E-state index contributed by atoms with van der Waals surface area (Å²) in [6.07, 6.45) is 0. The molecular weight excluding hydrogens is 315 g/mol. The van der Waals surface area contributed by atoms with Gasteiger partial charge in [0.25, 0.3) is 0 Å². The number of benzene rings is 2. The molecule has 0 aromatic heterocycles. The van der Waals surface area contributed by atoms with E-state index in [1.54, 1.807) is 23.9 Å². The van der Waals surface area contributed by atoms with Crippen molar-refractivity contribution in [2.24, 2.45) is 10.9 Å². The van der Waals surface area contributed by atoms with Gasteiger partial charge in [0.1, 0.15) is 0 Å². The van der Waals surface area contributed by atoms with Gasteiger partial charge in [0.15, 0.2) is 5.84 Å². The number of thioether (sulfide) groups is 1. The van der Waals surface area contributed by atoms with E-state index in [1.807, 2.05) is 30.3 Å². The first kappa shape index (κ1) is 15.0. The van der Waals surface area contributed by atoms with Crippen LogP contribution in [-0.2, 0) is 5.75 Å². The lowest BCUT2D eigenvalue weighted by atomic mass is 10.1. The second-order valence-corrected chi connectivity index (χ2v) is 5.91. The number of amidine groups is 1. The van der Waals surface area contributed by atoms with E-state index in [0.717, 1.165) is 16.2 Å². The van der Waals surface area contributed by atoms with Gasteiger partial charge in [-0.05, 0) is 23.8 Å². The van der Waals surface area contributed by atoms with Crippen LogP contribution in [0.2, 0.25) is 10.0 Å². The van der Waals surface area contributed by atoms with E-state index in [9.17, 15) is 0 Å². The van der Waals surface area contributed by atoms with Crippen LogP contribution in [0.5, 0.6) is 0 Å². The molecule has 0 heterocycles. The van der Waals surface area contributed by atoms with Crippen LogP contribution in [0, 0.1) is 0 Å². The molecule has 0 bridgehead atoms. The highest BCUT2D eigenvalue weighted by molar-refractivity contribution is 7.98. The van der Waals surface area contributed by atoms with E-state index in [0.29, 0.717) is 15.6 Å². The first-order valence-corrected chi connectivity index (χ1v) is 7.49. The van der Waals surface area contributed by atoms with E-state index in [2.05, 4.69) is 5.16 Å². The predicted molar refractivity (Wildman–Crippen MR) is 85.0 cm³/mol. The molecule has 0 saturated carbocycles. The third-order valence-corrected chi connectivity index (χ3v) is 4.45. The van der Waals surface area contributed by atoms with Gasteiger partial charge in [0.2, 0.25) is 0 Å². The molecule has 0 fully saturated rings. The predicted octanol–water partition coefficient (Wildman–Crippen LogP) is 4.38. The Morgan fingerprint density at radius 3 is 2.50 bits per heavy atom. The van der Waals surface area contributed by atoms with Crippen molar-refractivity contribution in [3.63, 3.8) is 0 Å². The van der Waals surface area contributed by atoms with Gasteiger partial charge in [-0.3, -0.25) is 0 Å². The summed E-state index contributed by atoms with van der Waals surface area (Å²) in [5.41, 5.74) is 7.30. The fourth-order valence-electron chi connectivity index (χ4n) is 1.58. The van der Waals surface area contributed by atoms with Crippen LogP contribution >= 0.6 is 35.0 Å². The molecular formula is C14H12Cl2N2OS. The lowest BCUT2D eigenvalue weighted by Crippen LogP contribution is -2.12. The average Bonchev–Trinajstić information content (AvgIpc) is 2.48. The van der Waals surface area contributed by atoms with Crippen molar-refractivity contribution in [3.05, 3.63) is 63.6 Å². The van der Waals surface area contributed by atoms with Crippen LogP contribution in [0.4, 0.5) is 0 Å². The zero-order chi connectivity index (χ0) is 14.5. The number of nitrogens with two attached hydrogens (primary N) is 1. The third kappa shape index (κ3) is 3.82. The molecule has 20 heavy (non-hydrogen) atoms. The molecule has 2 aromatic carbocycles. The Morgan fingerprint density at radius 1 is 1.15 bits per heavy atom. The molecule has 2 rings (SSSR count). The van der Waals surface area contributed by atoms with E-state index < -0.39 is 0 Å². The first-order valence-electron chi connectivity index (χ1n) is 5.75. The van der Waals surface area contributed by atoms with Gasteiger partial charge in [-0.1, -0.05) is 52.6 Å². The molecule has 0 aliphatic heterocycles. The van der Waals surface area contributed by atoms with Crippen molar-refractivity contribution in [2.45, 2.75) is 10.6 Å². The largest absolute Gasteiger partial charge is 0.409 e. The Hall–Kier alpha value is -1.36. The minimum atomic E-state index is 0.0992. The topological polar surface area (TPSA) is 58.6 Å². The smallest absolute Gasteiger partial charge is 0.170 e. The fraction of sp³-hybridized carbons (Fsp3) is 0.0714. The third-order valence-electron chi connectivity index (χ3n) is 2.65. The average molecular weight is 327 g/mol. The quantitative estimate of drug-likeness (QED) is 0.288. The van der Waals surface area contributed by atoms with Gasteiger partial charge in [0.05, 0.1) is 5.02 Å². The summed E-state index contributed by atoms with van der Waals surface area (Å²) in [4.78, 5) is 0.944. The van der Waals surface area contributed by atoms with Gasteiger partial charge in [-0.2, -0.15) is 0 Å². The number of hydrogen-bond donors (Lipinski definition) is 2. The maximum Gasteiger partial charge on any atom is 0.170 e. The molecule has 6 heteroatoms. The van der Waals surface area contributed by atoms with Gasteiger partial charge >= 0.3 is 0 Å². The van der Waals surface area contributed by atoms with E-state index in [-0.39, 0.29) is 5.84 Å². The van der Waals surface area contributed by atoms with Crippen LogP contribution in [0.3, 0.4) is 0 Å². The molecule has 3 nitrogen and oxygen atoms in total. The maximum absolute atomic E-state index is 8.60. The molecule has 0 radical (unpaired) electrons. The lowest BCUT2D eigenvalue weighted by molar-refractivity contribution is 0.318. The fourth-order valence-corrected chi connectivity index (χ4v) is 3.03. The van der Waals surface area contributed by atoms with Crippen LogP contribution in [0.25, 0.3) is 0 Å². The first-order chi connectivity index (χ1) is 9.60. The van der Waals surface area contributed by atoms with E-state index in [4.69, 9.17) is 34.1 Å². The van der Waals surface area contributed by atoms with E-state index >= 15 is 0 Å². The Balaban J connectivity index is 2.06.